The quantitative estimate of drug-likeness (QED) is 0.235. The predicted octanol–water partition coefficient (Wildman–Crippen LogP) is 2.18. The van der Waals surface area contributed by atoms with Crippen molar-refractivity contribution in [3.8, 4) is 11.1 Å². The van der Waals surface area contributed by atoms with E-state index in [9.17, 15) is 18.8 Å². The summed E-state index contributed by atoms with van der Waals surface area (Å²) in [5, 5.41) is 14.6. The van der Waals surface area contributed by atoms with E-state index in [0.29, 0.717) is 24.3 Å². The Kier molecular flexibility index (Phi) is 8.10. The summed E-state index contributed by atoms with van der Waals surface area (Å²) in [7, 11) is 0. The van der Waals surface area contributed by atoms with Gasteiger partial charge in [0.25, 0.3) is 5.91 Å². The van der Waals surface area contributed by atoms with Crippen LogP contribution in [-0.4, -0.2) is 71.6 Å². The Bertz CT molecular complexity index is 1480. The number of nitrogens with zero attached hydrogens (tertiary/aromatic N) is 2. The van der Waals surface area contributed by atoms with Gasteiger partial charge in [0.05, 0.1) is 32.3 Å². The first-order valence-electron chi connectivity index (χ1n) is 13.0. The number of thiophene rings is 1. The summed E-state index contributed by atoms with van der Waals surface area (Å²) in [6.07, 6.45) is 1.51. The van der Waals surface area contributed by atoms with E-state index in [1.165, 1.54) is 28.5 Å². The lowest BCUT2D eigenvalue weighted by Crippen LogP contribution is -2.49. The number of halogens is 1. The molecule has 2 fully saturated rings. The number of nitrogen functional groups attached to an aromatic ring is 1. The first-order chi connectivity index (χ1) is 19.7. The van der Waals surface area contributed by atoms with Crippen molar-refractivity contribution in [2.75, 3.05) is 26.3 Å². The molecule has 3 amide bonds. The van der Waals surface area contributed by atoms with Crippen LogP contribution in [0.15, 0.2) is 54.0 Å². The molecule has 4 heterocycles. The second-order valence-electron chi connectivity index (χ2n) is 9.83. The number of pyridine rings is 1. The number of likely N-dealkylation sites (tertiary alicyclic amines) is 1. The summed E-state index contributed by atoms with van der Waals surface area (Å²) < 4.78 is 26.3. The lowest BCUT2D eigenvalue weighted by Gasteiger charge is -2.25. The van der Waals surface area contributed by atoms with Crippen LogP contribution in [0.1, 0.15) is 40.3 Å². The van der Waals surface area contributed by atoms with Crippen LogP contribution in [0, 0.1) is 11.2 Å². The second kappa shape index (κ2) is 11.7. The van der Waals surface area contributed by atoms with E-state index in [2.05, 4.69) is 15.6 Å². The molecule has 5 rings (SSSR count). The topological polar surface area (TPSA) is 160 Å². The molecule has 1 spiro atoms. The summed E-state index contributed by atoms with van der Waals surface area (Å²) in [4.78, 5) is 45.4. The Balaban J connectivity index is 1.25. The molecule has 1 unspecified atom stereocenters. The van der Waals surface area contributed by atoms with Gasteiger partial charge in [-0.15, -0.1) is 11.3 Å². The van der Waals surface area contributed by atoms with Gasteiger partial charge >= 0.3 is 0 Å². The summed E-state index contributed by atoms with van der Waals surface area (Å²) in [5.41, 5.74) is 6.93. The van der Waals surface area contributed by atoms with Gasteiger partial charge in [-0.1, -0.05) is 30.3 Å². The van der Waals surface area contributed by atoms with Crippen LogP contribution in [0.4, 0.5) is 4.39 Å². The van der Waals surface area contributed by atoms with Gasteiger partial charge in [-0.05, 0) is 24.6 Å². The smallest absolute Gasteiger partial charge is 0.273 e. The van der Waals surface area contributed by atoms with Gasteiger partial charge in [0, 0.05) is 34.0 Å². The Morgan fingerprint density at radius 1 is 1.22 bits per heavy atom. The number of rotatable bonds is 8. The van der Waals surface area contributed by atoms with Gasteiger partial charge < -0.3 is 30.7 Å². The molecular weight excluding hydrogens is 551 g/mol. The molecule has 0 aliphatic carbocycles. The van der Waals surface area contributed by atoms with Crippen LogP contribution in [0.3, 0.4) is 0 Å². The Hall–Kier alpha value is -4.20. The van der Waals surface area contributed by atoms with Crippen molar-refractivity contribution in [1.82, 2.24) is 20.5 Å². The third-order valence-electron chi connectivity index (χ3n) is 7.01. The average Bonchev–Trinajstić information content (AvgIpc) is 3.73. The molecule has 3 aromatic rings. The number of aromatic nitrogens is 1. The monoisotopic (exact) mass is 580 g/mol. The van der Waals surface area contributed by atoms with Crippen molar-refractivity contribution < 1.29 is 28.2 Å². The fourth-order valence-electron chi connectivity index (χ4n) is 4.88. The van der Waals surface area contributed by atoms with Gasteiger partial charge in [-0.2, -0.15) is 0 Å². The molecule has 0 radical (unpaired) electrons. The third kappa shape index (κ3) is 6.11. The fourth-order valence-corrected chi connectivity index (χ4v) is 5.79. The van der Waals surface area contributed by atoms with Crippen LogP contribution >= 0.6 is 11.3 Å². The number of ether oxygens (including phenoxy) is 2. The Labute approximate surface area is 239 Å². The first kappa shape index (κ1) is 28.3. The first-order valence-corrected chi connectivity index (χ1v) is 13.8. The molecule has 5 N–H and O–H groups in total. The standard InChI is InChI=1S/C28H29FN6O5S/c1-16(22-10-19(14-41-22)25(30)31)34-26(37)21-11-28(39-7-8-40-28)15-35(21)23(36)13-33-27(38)24-20(29)9-18(12-32-24)17-5-3-2-4-6-17/h2-6,9-10,12,14,16,21H,7-8,11,13,15H2,1H3,(H3,30,31)(H,33,38)(H,34,37)/t16-,21?/m1/s1. The predicted molar refractivity (Wildman–Crippen MR) is 149 cm³/mol. The lowest BCUT2D eigenvalue weighted by molar-refractivity contribution is -0.152. The molecule has 2 aromatic heterocycles. The van der Waals surface area contributed by atoms with Crippen LogP contribution in [0.2, 0.25) is 0 Å². The highest BCUT2D eigenvalue weighted by atomic mass is 32.1. The minimum Gasteiger partial charge on any atom is -0.384 e. The molecular formula is C28H29FN6O5S. The molecule has 13 heteroatoms. The van der Waals surface area contributed by atoms with Crippen LogP contribution < -0.4 is 16.4 Å². The van der Waals surface area contributed by atoms with Crippen LogP contribution in [0.25, 0.3) is 11.1 Å². The maximum absolute atomic E-state index is 14.8. The van der Waals surface area contributed by atoms with Crippen LogP contribution in [-0.2, 0) is 19.1 Å². The molecule has 41 heavy (non-hydrogen) atoms. The van der Waals surface area contributed by atoms with E-state index in [4.69, 9.17) is 20.6 Å². The number of amides is 3. The normalized spacial score (nSPS) is 18.3. The maximum atomic E-state index is 14.8. The average molecular weight is 581 g/mol. The SMILES string of the molecule is C[C@@H](NC(=O)C1CC2(CN1C(=O)CNC(=O)c1ncc(-c3ccccc3)cc1F)OCCO2)c1cc(C(=N)N)cs1. The van der Waals surface area contributed by atoms with Crippen molar-refractivity contribution in [1.29, 1.82) is 5.41 Å². The minimum atomic E-state index is -1.11. The number of nitrogens with one attached hydrogen (secondary N) is 3. The van der Waals surface area contributed by atoms with Crippen molar-refractivity contribution in [2.24, 2.45) is 5.73 Å². The zero-order valence-corrected chi connectivity index (χ0v) is 23.0. The van der Waals surface area contributed by atoms with Crippen molar-refractivity contribution in [2.45, 2.75) is 31.2 Å². The largest absolute Gasteiger partial charge is 0.384 e. The Morgan fingerprint density at radius 3 is 2.61 bits per heavy atom. The van der Waals surface area contributed by atoms with E-state index >= 15 is 0 Å². The molecule has 0 saturated carbocycles. The highest BCUT2D eigenvalue weighted by molar-refractivity contribution is 7.10. The van der Waals surface area contributed by atoms with Crippen molar-refractivity contribution in [3.63, 3.8) is 0 Å². The van der Waals surface area contributed by atoms with Gasteiger partial charge in [-0.25, -0.2) is 9.37 Å². The van der Waals surface area contributed by atoms with E-state index in [1.54, 1.807) is 30.5 Å². The highest BCUT2D eigenvalue weighted by Crippen LogP contribution is 2.35. The number of carbonyl (C=O) groups excluding carboxylic acids is 3. The van der Waals surface area contributed by atoms with E-state index in [1.807, 2.05) is 18.2 Å². The lowest BCUT2D eigenvalue weighted by atomic mass is 10.1. The number of hydrogen-bond donors (Lipinski definition) is 4. The number of benzene rings is 1. The van der Waals surface area contributed by atoms with Crippen LogP contribution in [0.5, 0.6) is 0 Å². The number of carbonyl (C=O) groups is 3. The molecule has 214 valence electrons. The molecule has 2 aliphatic rings. The maximum Gasteiger partial charge on any atom is 0.273 e. The highest BCUT2D eigenvalue weighted by Gasteiger charge is 2.52. The summed E-state index contributed by atoms with van der Waals surface area (Å²) in [6, 6.07) is 10.7. The van der Waals surface area contributed by atoms with Gasteiger partial charge in [0.1, 0.15) is 11.9 Å². The minimum absolute atomic E-state index is 0.0000415. The summed E-state index contributed by atoms with van der Waals surface area (Å²) >= 11 is 1.36. The number of amidine groups is 1. The van der Waals surface area contributed by atoms with Crippen molar-refractivity contribution in [3.05, 3.63) is 76.0 Å². The van der Waals surface area contributed by atoms with Gasteiger partial charge in [0.15, 0.2) is 17.3 Å². The molecule has 2 saturated heterocycles. The number of nitrogens with two attached hydrogens (primary N) is 1. The molecule has 2 atom stereocenters. The Morgan fingerprint density at radius 2 is 1.95 bits per heavy atom. The fraction of sp³-hybridized carbons (Fsp3) is 0.321. The second-order valence-corrected chi connectivity index (χ2v) is 10.8. The van der Waals surface area contributed by atoms with Gasteiger partial charge in [0.2, 0.25) is 11.8 Å². The van der Waals surface area contributed by atoms with E-state index in [0.717, 1.165) is 10.4 Å². The van der Waals surface area contributed by atoms with Crippen molar-refractivity contribution >= 4 is 34.9 Å². The molecule has 11 nitrogen and oxygen atoms in total. The van der Waals surface area contributed by atoms with E-state index < -0.39 is 53.6 Å². The molecule has 0 bridgehead atoms. The molecule has 2 aliphatic heterocycles. The third-order valence-corrected chi connectivity index (χ3v) is 8.12. The van der Waals surface area contributed by atoms with E-state index in [-0.39, 0.29) is 18.8 Å². The number of hydrogen-bond acceptors (Lipinski definition) is 8. The summed E-state index contributed by atoms with van der Waals surface area (Å²) in [6.45, 7) is 1.97. The zero-order chi connectivity index (χ0) is 29.1. The summed E-state index contributed by atoms with van der Waals surface area (Å²) in [5.74, 6) is -3.84. The van der Waals surface area contributed by atoms with Gasteiger partial charge in [-0.3, -0.25) is 19.8 Å². The zero-order valence-electron chi connectivity index (χ0n) is 22.2. The molecule has 1 aromatic carbocycles.